The first-order valence-electron chi connectivity index (χ1n) is 6.00. The summed E-state index contributed by atoms with van der Waals surface area (Å²) in [4.78, 5) is 18.3. The fourth-order valence-electron chi connectivity index (χ4n) is 2.79. The van der Waals surface area contributed by atoms with Gasteiger partial charge in [-0.05, 0) is 20.3 Å². The number of carbonyl (C=O) groups is 1. The number of ether oxygens (including phenoxy) is 1. The molecule has 2 saturated heterocycles. The van der Waals surface area contributed by atoms with Gasteiger partial charge in [-0.2, -0.15) is 0 Å². The molecule has 0 N–H and O–H groups in total. The van der Waals surface area contributed by atoms with Crippen LogP contribution in [0.1, 0.15) is 28.8 Å². The van der Waals surface area contributed by atoms with Gasteiger partial charge in [-0.25, -0.2) is 4.98 Å². The van der Waals surface area contributed by atoms with Crippen LogP contribution >= 0.6 is 11.3 Å². The molecule has 0 aliphatic carbocycles. The molecule has 0 aromatic carbocycles. The first-order chi connectivity index (χ1) is 8.13. The SMILES string of the molecule is Cc1nc(C(=O)N2C[C@H]3C[C@H](C)O[C@H]3C2)cs1. The van der Waals surface area contributed by atoms with E-state index in [0.717, 1.165) is 24.5 Å². The zero-order chi connectivity index (χ0) is 12.0. The van der Waals surface area contributed by atoms with Crippen molar-refractivity contribution in [1.29, 1.82) is 0 Å². The molecule has 1 aromatic rings. The maximum absolute atomic E-state index is 12.2. The average Bonchev–Trinajstić information content (AvgIpc) is 2.90. The van der Waals surface area contributed by atoms with Crippen LogP contribution in [-0.2, 0) is 4.74 Å². The van der Waals surface area contributed by atoms with Crippen LogP contribution in [0.4, 0.5) is 0 Å². The molecule has 3 heterocycles. The minimum Gasteiger partial charge on any atom is -0.373 e. The average molecular weight is 252 g/mol. The molecule has 1 amide bonds. The molecule has 17 heavy (non-hydrogen) atoms. The number of amides is 1. The molecule has 92 valence electrons. The Bertz CT molecular complexity index is 431. The number of thiazole rings is 1. The predicted molar refractivity (Wildman–Crippen MR) is 65.2 cm³/mol. The zero-order valence-corrected chi connectivity index (χ0v) is 10.9. The highest BCUT2D eigenvalue weighted by molar-refractivity contribution is 7.09. The second-order valence-corrected chi connectivity index (χ2v) is 6.01. The van der Waals surface area contributed by atoms with E-state index >= 15 is 0 Å². The van der Waals surface area contributed by atoms with Gasteiger partial charge in [0.2, 0.25) is 0 Å². The summed E-state index contributed by atoms with van der Waals surface area (Å²) >= 11 is 1.52. The Labute approximate surface area is 105 Å². The second kappa shape index (κ2) is 4.07. The van der Waals surface area contributed by atoms with Gasteiger partial charge < -0.3 is 9.64 Å². The molecule has 1 aromatic heterocycles. The number of likely N-dealkylation sites (tertiary alicyclic amines) is 1. The van der Waals surface area contributed by atoms with Crippen LogP contribution in [0, 0.1) is 12.8 Å². The number of rotatable bonds is 1. The molecule has 3 atom stereocenters. The van der Waals surface area contributed by atoms with E-state index < -0.39 is 0 Å². The summed E-state index contributed by atoms with van der Waals surface area (Å²) in [6.45, 7) is 5.58. The lowest BCUT2D eigenvalue weighted by atomic mass is 10.0. The predicted octanol–water partition coefficient (Wildman–Crippen LogP) is 1.70. The highest BCUT2D eigenvalue weighted by Crippen LogP contribution is 2.33. The third kappa shape index (κ3) is 1.98. The van der Waals surface area contributed by atoms with Gasteiger partial charge in [0.15, 0.2) is 0 Å². The molecule has 2 aliphatic rings. The highest BCUT2D eigenvalue weighted by Gasteiger charge is 2.42. The first kappa shape index (κ1) is 11.2. The Morgan fingerprint density at radius 1 is 1.59 bits per heavy atom. The van der Waals surface area contributed by atoms with Crippen LogP contribution < -0.4 is 0 Å². The normalized spacial score (nSPS) is 31.9. The van der Waals surface area contributed by atoms with Gasteiger partial charge in [-0.1, -0.05) is 0 Å². The summed E-state index contributed by atoms with van der Waals surface area (Å²) in [5.74, 6) is 0.577. The van der Waals surface area contributed by atoms with Crippen molar-refractivity contribution in [3.63, 3.8) is 0 Å². The molecular weight excluding hydrogens is 236 g/mol. The standard InChI is InChI=1S/C12H16N2O2S/c1-7-3-9-4-14(5-11(9)16-7)12(15)10-6-17-8(2)13-10/h6-7,9,11H,3-5H2,1-2H3/t7-,9+,11-/m0/s1. The maximum atomic E-state index is 12.2. The molecule has 3 rings (SSSR count). The van der Waals surface area contributed by atoms with Crippen LogP contribution in [0.25, 0.3) is 0 Å². The molecule has 0 bridgehead atoms. The number of nitrogens with zero attached hydrogens (tertiary/aromatic N) is 2. The lowest BCUT2D eigenvalue weighted by Gasteiger charge is -2.17. The van der Waals surface area contributed by atoms with E-state index in [9.17, 15) is 4.79 Å². The van der Waals surface area contributed by atoms with Crippen LogP contribution in [0.3, 0.4) is 0 Å². The number of hydrogen-bond acceptors (Lipinski definition) is 4. The maximum Gasteiger partial charge on any atom is 0.273 e. The van der Waals surface area contributed by atoms with Crippen LogP contribution in [0.15, 0.2) is 5.38 Å². The lowest BCUT2D eigenvalue weighted by Crippen LogP contribution is -2.31. The Hall–Kier alpha value is -0.940. The van der Waals surface area contributed by atoms with Crippen molar-refractivity contribution in [3.05, 3.63) is 16.1 Å². The molecule has 0 saturated carbocycles. The monoisotopic (exact) mass is 252 g/mol. The number of aryl methyl sites for hydroxylation is 1. The van der Waals surface area contributed by atoms with Gasteiger partial charge in [0.25, 0.3) is 5.91 Å². The number of aromatic nitrogens is 1. The molecule has 2 aliphatic heterocycles. The minimum atomic E-state index is 0.0556. The highest BCUT2D eigenvalue weighted by atomic mass is 32.1. The van der Waals surface area contributed by atoms with Gasteiger partial charge in [0.05, 0.1) is 17.2 Å². The van der Waals surface area contributed by atoms with Crippen LogP contribution in [-0.4, -0.2) is 41.1 Å². The molecule has 4 nitrogen and oxygen atoms in total. The van der Waals surface area contributed by atoms with Gasteiger partial charge in [-0.15, -0.1) is 11.3 Å². The van der Waals surface area contributed by atoms with Crippen molar-refractivity contribution >= 4 is 17.2 Å². The fourth-order valence-corrected chi connectivity index (χ4v) is 3.38. The lowest BCUT2D eigenvalue weighted by molar-refractivity contribution is 0.0442. The summed E-state index contributed by atoms with van der Waals surface area (Å²) in [5.41, 5.74) is 0.584. The van der Waals surface area contributed by atoms with Gasteiger partial charge in [0.1, 0.15) is 5.69 Å². The van der Waals surface area contributed by atoms with Gasteiger partial charge >= 0.3 is 0 Å². The molecular formula is C12H16N2O2S. The third-order valence-corrected chi connectivity index (χ3v) is 4.32. The molecule has 2 fully saturated rings. The molecule has 0 unspecified atom stereocenters. The van der Waals surface area contributed by atoms with Crippen molar-refractivity contribution in [2.24, 2.45) is 5.92 Å². The van der Waals surface area contributed by atoms with E-state index in [2.05, 4.69) is 11.9 Å². The molecule has 5 heteroatoms. The Morgan fingerprint density at radius 2 is 2.41 bits per heavy atom. The number of hydrogen-bond donors (Lipinski definition) is 0. The summed E-state index contributed by atoms with van der Waals surface area (Å²) in [7, 11) is 0. The summed E-state index contributed by atoms with van der Waals surface area (Å²) in [5, 5.41) is 2.78. The smallest absolute Gasteiger partial charge is 0.273 e. The third-order valence-electron chi connectivity index (χ3n) is 3.55. The zero-order valence-electron chi connectivity index (χ0n) is 10.0. The summed E-state index contributed by atoms with van der Waals surface area (Å²) in [6, 6.07) is 0. The van der Waals surface area contributed by atoms with E-state index in [1.54, 1.807) is 0 Å². The van der Waals surface area contributed by atoms with E-state index in [4.69, 9.17) is 4.74 Å². The largest absolute Gasteiger partial charge is 0.373 e. The van der Waals surface area contributed by atoms with E-state index in [1.807, 2.05) is 17.2 Å². The van der Waals surface area contributed by atoms with Crippen molar-refractivity contribution in [2.45, 2.75) is 32.5 Å². The van der Waals surface area contributed by atoms with Crippen LogP contribution in [0.2, 0.25) is 0 Å². The number of fused-ring (bicyclic) bond motifs is 1. The van der Waals surface area contributed by atoms with Crippen LogP contribution in [0.5, 0.6) is 0 Å². The van der Waals surface area contributed by atoms with E-state index in [1.165, 1.54) is 11.3 Å². The second-order valence-electron chi connectivity index (χ2n) is 4.94. The van der Waals surface area contributed by atoms with Crippen molar-refractivity contribution in [2.75, 3.05) is 13.1 Å². The Balaban J connectivity index is 1.70. The minimum absolute atomic E-state index is 0.0556. The Morgan fingerprint density at radius 3 is 3.06 bits per heavy atom. The van der Waals surface area contributed by atoms with E-state index in [-0.39, 0.29) is 12.0 Å². The fraction of sp³-hybridized carbons (Fsp3) is 0.667. The summed E-state index contributed by atoms with van der Waals surface area (Å²) in [6.07, 6.45) is 1.67. The summed E-state index contributed by atoms with van der Waals surface area (Å²) < 4.78 is 5.79. The van der Waals surface area contributed by atoms with Crippen molar-refractivity contribution in [3.8, 4) is 0 Å². The quantitative estimate of drug-likeness (QED) is 0.764. The molecule has 0 radical (unpaired) electrons. The van der Waals surface area contributed by atoms with E-state index in [0.29, 0.717) is 17.7 Å². The van der Waals surface area contributed by atoms with Crippen molar-refractivity contribution in [1.82, 2.24) is 9.88 Å². The molecule has 0 spiro atoms. The first-order valence-corrected chi connectivity index (χ1v) is 6.88. The van der Waals surface area contributed by atoms with Gasteiger partial charge in [-0.3, -0.25) is 4.79 Å². The number of carbonyl (C=O) groups excluding carboxylic acids is 1. The van der Waals surface area contributed by atoms with Gasteiger partial charge in [0, 0.05) is 24.4 Å². The Kier molecular flexibility index (Phi) is 2.67. The topological polar surface area (TPSA) is 42.4 Å². The van der Waals surface area contributed by atoms with Crippen molar-refractivity contribution < 1.29 is 9.53 Å².